The molecule has 0 aliphatic carbocycles. The molecular weight excluding hydrogens is 306 g/mol. The highest BCUT2D eigenvalue weighted by Gasteiger charge is 2.26. The number of nitrogens with zero attached hydrogens (tertiary/aromatic N) is 1. The van der Waals surface area contributed by atoms with Crippen molar-refractivity contribution in [3.05, 3.63) is 29.3 Å². The van der Waals surface area contributed by atoms with Crippen LogP contribution < -0.4 is 10.6 Å². The molecule has 0 aliphatic heterocycles. The molecule has 132 valence electrons. The number of aryl methyl sites for hydroxylation is 1. The first-order valence-corrected chi connectivity index (χ1v) is 8.00. The van der Waals surface area contributed by atoms with Crippen molar-refractivity contribution in [3.8, 4) is 0 Å². The van der Waals surface area contributed by atoms with Gasteiger partial charge in [-0.2, -0.15) is 0 Å². The van der Waals surface area contributed by atoms with Crippen molar-refractivity contribution >= 4 is 23.4 Å². The van der Waals surface area contributed by atoms with Crippen LogP contribution >= 0.6 is 0 Å². The maximum Gasteiger partial charge on any atom is 0.244 e. The third-order valence-corrected chi connectivity index (χ3v) is 3.89. The van der Waals surface area contributed by atoms with E-state index < -0.39 is 17.9 Å². The molecule has 0 fully saturated rings. The van der Waals surface area contributed by atoms with E-state index in [1.165, 1.54) is 4.90 Å². The van der Waals surface area contributed by atoms with E-state index in [-0.39, 0.29) is 18.2 Å². The first-order valence-electron chi connectivity index (χ1n) is 8.00. The molecule has 0 bridgehead atoms. The lowest BCUT2D eigenvalue weighted by molar-refractivity contribution is -0.136. The molecule has 6 heteroatoms. The molecule has 0 aliphatic rings. The summed E-state index contributed by atoms with van der Waals surface area (Å²) >= 11 is 0. The van der Waals surface area contributed by atoms with Crippen molar-refractivity contribution in [3.63, 3.8) is 0 Å². The average Bonchev–Trinajstić information content (AvgIpc) is 2.48. The zero-order chi connectivity index (χ0) is 18.4. The zero-order valence-electron chi connectivity index (χ0n) is 15.3. The molecule has 1 aromatic carbocycles. The minimum atomic E-state index is -0.638. The van der Waals surface area contributed by atoms with Crippen LogP contribution in [0.15, 0.2) is 18.2 Å². The van der Waals surface area contributed by atoms with Crippen molar-refractivity contribution in [1.82, 2.24) is 10.2 Å². The Morgan fingerprint density at radius 3 is 2.25 bits per heavy atom. The van der Waals surface area contributed by atoms with Gasteiger partial charge in [0.15, 0.2) is 0 Å². The lowest BCUT2D eigenvalue weighted by Gasteiger charge is -2.24. The predicted octanol–water partition coefficient (Wildman–Crippen LogP) is 1.86. The van der Waals surface area contributed by atoms with E-state index in [9.17, 15) is 14.4 Å². The predicted molar refractivity (Wildman–Crippen MR) is 94.6 cm³/mol. The number of carbonyl (C=O) groups is 3. The number of benzene rings is 1. The lowest BCUT2D eigenvalue weighted by atomic mass is 10.0. The molecular formula is C18H27N3O3. The van der Waals surface area contributed by atoms with E-state index in [1.807, 2.05) is 39.8 Å². The van der Waals surface area contributed by atoms with Crippen molar-refractivity contribution in [2.75, 3.05) is 19.4 Å². The summed E-state index contributed by atoms with van der Waals surface area (Å²) in [6.45, 7) is 7.57. The summed E-state index contributed by atoms with van der Waals surface area (Å²) < 4.78 is 0. The van der Waals surface area contributed by atoms with Crippen LogP contribution in [0.2, 0.25) is 0 Å². The fraction of sp³-hybridized carbons (Fsp3) is 0.500. The van der Waals surface area contributed by atoms with E-state index in [0.717, 1.165) is 11.1 Å². The van der Waals surface area contributed by atoms with E-state index in [2.05, 4.69) is 10.6 Å². The third kappa shape index (κ3) is 5.37. The van der Waals surface area contributed by atoms with Gasteiger partial charge in [0.2, 0.25) is 17.7 Å². The second-order valence-corrected chi connectivity index (χ2v) is 6.49. The van der Waals surface area contributed by atoms with Crippen molar-refractivity contribution in [2.45, 2.75) is 40.2 Å². The largest absolute Gasteiger partial charge is 0.347 e. The van der Waals surface area contributed by atoms with Gasteiger partial charge in [-0.05, 0) is 37.0 Å². The number of anilines is 1. The fourth-order valence-electron chi connectivity index (χ4n) is 2.24. The number of nitrogens with one attached hydrogen (secondary N) is 2. The summed E-state index contributed by atoms with van der Waals surface area (Å²) in [4.78, 5) is 37.7. The second kappa shape index (κ2) is 8.47. The molecule has 1 atom stereocenters. The van der Waals surface area contributed by atoms with Gasteiger partial charge < -0.3 is 15.5 Å². The summed E-state index contributed by atoms with van der Waals surface area (Å²) in [6.07, 6.45) is -0.322. The van der Waals surface area contributed by atoms with Gasteiger partial charge in [-0.1, -0.05) is 26.0 Å². The topological polar surface area (TPSA) is 78.5 Å². The van der Waals surface area contributed by atoms with Crippen LogP contribution in [0.25, 0.3) is 0 Å². The highest BCUT2D eigenvalue weighted by Crippen LogP contribution is 2.18. The molecule has 0 saturated carbocycles. The quantitative estimate of drug-likeness (QED) is 0.780. The Hall–Kier alpha value is -2.37. The number of hydrogen-bond acceptors (Lipinski definition) is 3. The maximum atomic E-state index is 12.1. The highest BCUT2D eigenvalue weighted by molar-refractivity contribution is 6.04. The number of rotatable bonds is 6. The number of carbonyl (C=O) groups excluding carboxylic acids is 3. The Kier molecular flexibility index (Phi) is 6.95. The number of likely N-dealkylation sites (N-methyl/N-ethyl adjacent to an activating group) is 1. The maximum absolute atomic E-state index is 12.1. The van der Waals surface area contributed by atoms with E-state index in [1.54, 1.807) is 20.2 Å². The molecule has 0 heterocycles. The molecule has 6 nitrogen and oxygen atoms in total. The molecule has 0 saturated heterocycles. The van der Waals surface area contributed by atoms with Crippen LogP contribution in [-0.4, -0.2) is 42.8 Å². The summed E-state index contributed by atoms with van der Waals surface area (Å²) in [6, 6.07) is 4.96. The molecule has 0 radical (unpaired) electrons. The smallest absolute Gasteiger partial charge is 0.244 e. The van der Waals surface area contributed by atoms with Gasteiger partial charge in [-0.3, -0.25) is 14.4 Å². The van der Waals surface area contributed by atoms with Gasteiger partial charge in [0, 0.05) is 19.8 Å². The van der Waals surface area contributed by atoms with Gasteiger partial charge in [0.05, 0.1) is 0 Å². The first kappa shape index (κ1) is 19.7. The SMILES string of the molecule is Cc1cccc(NC(=O)CC(=O)NC(C(=O)N(C)C)C(C)C)c1C. The summed E-state index contributed by atoms with van der Waals surface area (Å²) in [5.41, 5.74) is 2.72. The molecule has 1 aromatic rings. The first-order chi connectivity index (χ1) is 11.1. The van der Waals surface area contributed by atoms with Gasteiger partial charge >= 0.3 is 0 Å². The molecule has 24 heavy (non-hydrogen) atoms. The second-order valence-electron chi connectivity index (χ2n) is 6.49. The Morgan fingerprint density at radius 2 is 1.71 bits per heavy atom. The van der Waals surface area contributed by atoms with Gasteiger partial charge in [-0.25, -0.2) is 0 Å². The molecule has 1 rings (SSSR count). The van der Waals surface area contributed by atoms with Crippen molar-refractivity contribution < 1.29 is 14.4 Å². The normalized spacial score (nSPS) is 11.8. The Bertz CT molecular complexity index is 624. The molecule has 3 amide bonds. The Labute approximate surface area is 143 Å². The van der Waals surface area contributed by atoms with E-state index >= 15 is 0 Å². The fourth-order valence-corrected chi connectivity index (χ4v) is 2.24. The number of hydrogen-bond donors (Lipinski definition) is 2. The average molecular weight is 333 g/mol. The van der Waals surface area contributed by atoms with Crippen LogP contribution in [0.4, 0.5) is 5.69 Å². The lowest BCUT2D eigenvalue weighted by Crippen LogP contribution is -2.49. The van der Waals surface area contributed by atoms with Crippen LogP contribution in [0, 0.1) is 19.8 Å². The van der Waals surface area contributed by atoms with Crippen LogP contribution in [0.5, 0.6) is 0 Å². The summed E-state index contributed by atoms with van der Waals surface area (Å²) in [5, 5.41) is 5.39. The van der Waals surface area contributed by atoms with Crippen LogP contribution in [0.1, 0.15) is 31.4 Å². The summed E-state index contributed by atoms with van der Waals surface area (Å²) in [5.74, 6) is -1.12. The Balaban J connectivity index is 2.68. The van der Waals surface area contributed by atoms with Crippen LogP contribution in [0.3, 0.4) is 0 Å². The highest BCUT2D eigenvalue weighted by atomic mass is 16.2. The van der Waals surface area contributed by atoms with Gasteiger partial charge in [0.1, 0.15) is 12.5 Å². The molecule has 0 aromatic heterocycles. The van der Waals surface area contributed by atoms with Crippen LogP contribution in [-0.2, 0) is 14.4 Å². The summed E-state index contributed by atoms with van der Waals surface area (Å²) in [7, 11) is 3.27. The third-order valence-electron chi connectivity index (χ3n) is 3.89. The van der Waals surface area contributed by atoms with Crippen molar-refractivity contribution in [1.29, 1.82) is 0 Å². The monoisotopic (exact) mass is 333 g/mol. The minimum Gasteiger partial charge on any atom is -0.347 e. The number of amides is 3. The molecule has 2 N–H and O–H groups in total. The molecule has 0 spiro atoms. The van der Waals surface area contributed by atoms with E-state index in [4.69, 9.17) is 0 Å². The zero-order valence-corrected chi connectivity index (χ0v) is 15.3. The minimum absolute atomic E-state index is 0.0640. The van der Waals surface area contributed by atoms with Gasteiger partial charge in [-0.15, -0.1) is 0 Å². The van der Waals surface area contributed by atoms with E-state index in [0.29, 0.717) is 5.69 Å². The standard InChI is InChI=1S/C18H27N3O3/c1-11(2)17(18(24)21(5)6)20-16(23)10-15(22)19-14-9-7-8-12(3)13(14)4/h7-9,11,17H,10H2,1-6H3,(H,19,22)(H,20,23). The Morgan fingerprint density at radius 1 is 1.08 bits per heavy atom. The van der Waals surface area contributed by atoms with Gasteiger partial charge in [0.25, 0.3) is 0 Å². The van der Waals surface area contributed by atoms with Crippen molar-refractivity contribution in [2.24, 2.45) is 5.92 Å². The molecule has 1 unspecified atom stereocenters.